The van der Waals surface area contributed by atoms with E-state index in [9.17, 15) is 8.42 Å². The summed E-state index contributed by atoms with van der Waals surface area (Å²) >= 11 is 0. The van der Waals surface area contributed by atoms with Gasteiger partial charge in [0.05, 0.1) is 0 Å². The summed E-state index contributed by atoms with van der Waals surface area (Å²) < 4.78 is 32.0. The van der Waals surface area contributed by atoms with Crippen molar-refractivity contribution in [1.29, 1.82) is 0 Å². The zero-order chi connectivity index (χ0) is 9.35. The number of rotatable bonds is 2. The monoisotopic (exact) mass is 189 g/mol. The van der Waals surface area contributed by atoms with Crippen LogP contribution in [0.1, 0.15) is 12.6 Å². The summed E-state index contributed by atoms with van der Waals surface area (Å²) in [5, 5.41) is 0. The van der Waals surface area contributed by atoms with Crippen molar-refractivity contribution in [1.82, 2.24) is 4.57 Å². The number of aryl methyl sites for hydroxylation is 1. The first-order chi connectivity index (χ1) is 5.46. The summed E-state index contributed by atoms with van der Waals surface area (Å²) in [6.07, 6.45) is 2.20. The standard InChI is InChI=1S/C7H11NO3S/c1-3-6-7(12(9,10)11)4-5-8(6)2/h4-5H,3H2,1-2H3,(H,9,10,11). The largest absolute Gasteiger partial charge is 0.353 e. The van der Waals surface area contributed by atoms with Crippen LogP contribution in [0.25, 0.3) is 0 Å². The predicted octanol–water partition coefficient (Wildman–Crippen LogP) is 0.834. The van der Waals surface area contributed by atoms with E-state index < -0.39 is 10.1 Å². The lowest BCUT2D eigenvalue weighted by atomic mass is 10.3. The maximum atomic E-state index is 10.8. The molecule has 4 nitrogen and oxygen atoms in total. The lowest BCUT2D eigenvalue weighted by Crippen LogP contribution is -2.03. The van der Waals surface area contributed by atoms with Crippen LogP contribution in [0.3, 0.4) is 0 Å². The third-order valence-electron chi connectivity index (χ3n) is 1.77. The number of nitrogens with zero attached hydrogens (tertiary/aromatic N) is 1. The highest BCUT2D eigenvalue weighted by Crippen LogP contribution is 2.16. The quantitative estimate of drug-likeness (QED) is 0.701. The van der Waals surface area contributed by atoms with Gasteiger partial charge in [-0.05, 0) is 12.5 Å². The van der Waals surface area contributed by atoms with Crippen molar-refractivity contribution in [2.24, 2.45) is 7.05 Å². The summed E-state index contributed by atoms with van der Waals surface area (Å²) in [6, 6.07) is 1.40. The second-order valence-corrected chi connectivity index (χ2v) is 3.96. The zero-order valence-electron chi connectivity index (χ0n) is 6.98. The fourth-order valence-electron chi connectivity index (χ4n) is 1.20. The normalized spacial score (nSPS) is 11.9. The highest BCUT2D eigenvalue weighted by Gasteiger charge is 2.16. The lowest BCUT2D eigenvalue weighted by molar-refractivity contribution is 0.481. The third-order valence-corrected chi connectivity index (χ3v) is 2.70. The smallest absolute Gasteiger partial charge is 0.296 e. The third kappa shape index (κ3) is 1.51. The van der Waals surface area contributed by atoms with Crippen molar-refractivity contribution in [3.63, 3.8) is 0 Å². The molecule has 0 fully saturated rings. The van der Waals surface area contributed by atoms with E-state index in [2.05, 4.69) is 0 Å². The molecule has 0 bridgehead atoms. The van der Waals surface area contributed by atoms with Crippen LogP contribution in [0.2, 0.25) is 0 Å². The minimum absolute atomic E-state index is 0.00694. The van der Waals surface area contributed by atoms with Crippen molar-refractivity contribution in [3.05, 3.63) is 18.0 Å². The minimum Gasteiger partial charge on any atom is -0.353 e. The fourth-order valence-corrected chi connectivity index (χ4v) is 2.02. The summed E-state index contributed by atoms with van der Waals surface area (Å²) in [4.78, 5) is 0.00694. The minimum atomic E-state index is -4.05. The average molecular weight is 189 g/mol. The van der Waals surface area contributed by atoms with Crippen LogP contribution >= 0.6 is 0 Å². The number of aromatic nitrogens is 1. The van der Waals surface area contributed by atoms with Crippen molar-refractivity contribution < 1.29 is 13.0 Å². The molecule has 0 saturated heterocycles. The molecule has 0 saturated carbocycles. The zero-order valence-corrected chi connectivity index (χ0v) is 7.80. The summed E-state index contributed by atoms with van der Waals surface area (Å²) in [5.41, 5.74) is 0.623. The van der Waals surface area contributed by atoms with Crippen LogP contribution in [-0.4, -0.2) is 17.5 Å². The van der Waals surface area contributed by atoms with E-state index in [1.807, 2.05) is 6.92 Å². The van der Waals surface area contributed by atoms with Crippen LogP contribution in [0.4, 0.5) is 0 Å². The summed E-state index contributed by atoms with van der Waals surface area (Å²) in [7, 11) is -2.30. The Balaban J connectivity index is 3.36. The lowest BCUT2D eigenvalue weighted by Gasteiger charge is -2.01. The molecule has 1 aromatic heterocycles. The molecule has 1 N–H and O–H groups in total. The topological polar surface area (TPSA) is 59.3 Å². The molecule has 1 rings (SSSR count). The Morgan fingerprint density at radius 2 is 2.17 bits per heavy atom. The van der Waals surface area contributed by atoms with E-state index in [4.69, 9.17) is 4.55 Å². The molecule has 0 aliphatic heterocycles. The average Bonchev–Trinajstić information content (AvgIpc) is 2.29. The van der Waals surface area contributed by atoms with Gasteiger partial charge in [-0.2, -0.15) is 8.42 Å². The predicted molar refractivity (Wildman–Crippen MR) is 44.6 cm³/mol. The van der Waals surface area contributed by atoms with E-state index >= 15 is 0 Å². The van der Waals surface area contributed by atoms with Gasteiger partial charge in [0.2, 0.25) is 0 Å². The molecule has 0 aliphatic rings. The molecule has 1 heterocycles. The van der Waals surface area contributed by atoms with Crippen LogP contribution in [-0.2, 0) is 23.6 Å². The van der Waals surface area contributed by atoms with Crippen molar-refractivity contribution in [3.8, 4) is 0 Å². The Labute approximate surface area is 71.6 Å². The first-order valence-electron chi connectivity index (χ1n) is 3.58. The van der Waals surface area contributed by atoms with Gasteiger partial charge in [-0.1, -0.05) is 6.92 Å². The van der Waals surface area contributed by atoms with E-state index in [0.717, 1.165) is 0 Å². The van der Waals surface area contributed by atoms with Crippen molar-refractivity contribution in [2.75, 3.05) is 0 Å². The highest BCUT2D eigenvalue weighted by atomic mass is 32.2. The Kier molecular flexibility index (Phi) is 2.25. The number of hydrogen-bond acceptors (Lipinski definition) is 2. The van der Waals surface area contributed by atoms with Crippen LogP contribution in [0, 0.1) is 0 Å². The molecule has 12 heavy (non-hydrogen) atoms. The molecule has 68 valence electrons. The maximum absolute atomic E-state index is 10.8. The van der Waals surface area contributed by atoms with Crippen LogP contribution < -0.4 is 0 Å². The van der Waals surface area contributed by atoms with Gasteiger partial charge in [-0.25, -0.2) is 0 Å². The molecule has 0 unspecified atom stereocenters. The number of hydrogen-bond donors (Lipinski definition) is 1. The molecule has 0 radical (unpaired) electrons. The molecular formula is C7H11NO3S. The molecule has 0 aliphatic carbocycles. The molecule has 1 aromatic rings. The summed E-state index contributed by atoms with van der Waals surface area (Å²) in [5.74, 6) is 0. The van der Waals surface area contributed by atoms with Crippen LogP contribution in [0.15, 0.2) is 17.2 Å². The Bertz CT molecular complexity index is 377. The molecule has 0 spiro atoms. The van der Waals surface area contributed by atoms with E-state index in [1.54, 1.807) is 17.8 Å². The van der Waals surface area contributed by atoms with E-state index in [-0.39, 0.29) is 4.90 Å². The van der Waals surface area contributed by atoms with Gasteiger partial charge in [0.1, 0.15) is 4.90 Å². The van der Waals surface area contributed by atoms with Gasteiger partial charge in [0.15, 0.2) is 0 Å². The SMILES string of the molecule is CCc1c(S(=O)(=O)O)ccn1C. The van der Waals surface area contributed by atoms with Crippen molar-refractivity contribution >= 4 is 10.1 Å². The maximum Gasteiger partial charge on any atom is 0.296 e. The van der Waals surface area contributed by atoms with E-state index in [1.165, 1.54) is 6.07 Å². The first-order valence-corrected chi connectivity index (χ1v) is 5.02. The Morgan fingerprint density at radius 1 is 1.58 bits per heavy atom. The van der Waals surface area contributed by atoms with Crippen LogP contribution in [0.5, 0.6) is 0 Å². The van der Waals surface area contributed by atoms with E-state index in [0.29, 0.717) is 12.1 Å². The molecule has 0 aromatic carbocycles. The van der Waals surface area contributed by atoms with Gasteiger partial charge in [0.25, 0.3) is 10.1 Å². The second kappa shape index (κ2) is 2.91. The first kappa shape index (κ1) is 9.28. The molecule has 0 amide bonds. The van der Waals surface area contributed by atoms with Gasteiger partial charge in [-0.15, -0.1) is 0 Å². The molecule has 5 heteroatoms. The van der Waals surface area contributed by atoms with Crippen molar-refractivity contribution in [2.45, 2.75) is 18.2 Å². The van der Waals surface area contributed by atoms with Gasteiger partial charge >= 0.3 is 0 Å². The fraction of sp³-hybridized carbons (Fsp3) is 0.429. The van der Waals surface area contributed by atoms with Gasteiger partial charge < -0.3 is 4.57 Å². The second-order valence-electron chi connectivity index (χ2n) is 2.57. The Morgan fingerprint density at radius 3 is 2.50 bits per heavy atom. The molecular weight excluding hydrogens is 178 g/mol. The Hall–Kier alpha value is -0.810. The molecule has 0 atom stereocenters. The van der Waals surface area contributed by atoms with Gasteiger partial charge in [0, 0.05) is 18.9 Å². The van der Waals surface area contributed by atoms with Gasteiger partial charge in [-0.3, -0.25) is 4.55 Å². The summed E-state index contributed by atoms with van der Waals surface area (Å²) in [6.45, 7) is 1.84. The highest BCUT2D eigenvalue weighted by molar-refractivity contribution is 7.85.